The van der Waals surface area contributed by atoms with Gasteiger partial charge in [0.1, 0.15) is 6.33 Å². The zero-order valence-electron chi connectivity index (χ0n) is 17.2. The molecule has 0 bridgehead atoms. The van der Waals surface area contributed by atoms with E-state index in [1.54, 1.807) is 6.07 Å². The highest BCUT2D eigenvalue weighted by atomic mass is 16.4. The van der Waals surface area contributed by atoms with Crippen LogP contribution in [0.2, 0.25) is 0 Å². The van der Waals surface area contributed by atoms with Crippen LogP contribution in [0.5, 0.6) is 0 Å². The van der Waals surface area contributed by atoms with E-state index in [1.165, 1.54) is 28.8 Å². The van der Waals surface area contributed by atoms with Crippen LogP contribution >= 0.6 is 0 Å². The predicted molar refractivity (Wildman–Crippen MR) is 117 cm³/mol. The summed E-state index contributed by atoms with van der Waals surface area (Å²) in [6.45, 7) is 2.46. The Labute approximate surface area is 176 Å². The summed E-state index contributed by atoms with van der Waals surface area (Å²) in [7, 11) is 0. The van der Waals surface area contributed by atoms with Crippen LogP contribution in [0.4, 0.5) is 0 Å². The number of aromatic nitrogens is 2. The summed E-state index contributed by atoms with van der Waals surface area (Å²) in [6, 6.07) is 14.2. The summed E-state index contributed by atoms with van der Waals surface area (Å²) < 4.78 is 2.32. The molecule has 30 heavy (non-hydrogen) atoms. The number of para-hydroxylation sites is 2. The van der Waals surface area contributed by atoms with E-state index in [0.717, 1.165) is 31.2 Å². The van der Waals surface area contributed by atoms with E-state index >= 15 is 0 Å². The average Bonchev–Trinajstić information content (AvgIpc) is 3.33. The number of carbonyl (C=O) groups is 1. The summed E-state index contributed by atoms with van der Waals surface area (Å²) in [5.74, 6) is 1.03. The van der Waals surface area contributed by atoms with Crippen LogP contribution in [0.3, 0.4) is 0 Å². The van der Waals surface area contributed by atoms with E-state index in [4.69, 9.17) is 0 Å². The molecule has 4 heteroatoms. The third-order valence-electron chi connectivity index (χ3n) is 8.23. The van der Waals surface area contributed by atoms with Gasteiger partial charge in [0.25, 0.3) is 0 Å². The summed E-state index contributed by atoms with van der Waals surface area (Å²) in [4.78, 5) is 16.0. The monoisotopic (exact) mass is 398 g/mol. The summed E-state index contributed by atoms with van der Waals surface area (Å²) in [5.41, 5.74) is 6.92. The molecule has 1 N–H and O–H groups in total. The first-order valence-electron chi connectivity index (χ1n) is 11.1. The Balaban J connectivity index is 1.35. The molecule has 4 nitrogen and oxygen atoms in total. The Bertz CT molecular complexity index is 1210. The molecule has 1 fully saturated rings. The first kappa shape index (κ1) is 17.9. The second kappa shape index (κ2) is 6.31. The Kier molecular flexibility index (Phi) is 3.77. The number of allylic oxidation sites excluding steroid dienone is 2. The van der Waals surface area contributed by atoms with Gasteiger partial charge in [0.05, 0.1) is 16.6 Å². The van der Waals surface area contributed by atoms with Gasteiger partial charge in [0.2, 0.25) is 0 Å². The molecule has 2 aromatic carbocycles. The lowest BCUT2D eigenvalue weighted by Gasteiger charge is -2.50. The van der Waals surface area contributed by atoms with Gasteiger partial charge in [-0.25, -0.2) is 9.78 Å². The van der Waals surface area contributed by atoms with Crippen molar-refractivity contribution in [3.8, 4) is 0 Å². The normalized spacial score (nSPS) is 29.8. The minimum atomic E-state index is -0.826. The third-order valence-corrected chi connectivity index (χ3v) is 8.23. The van der Waals surface area contributed by atoms with Crippen LogP contribution < -0.4 is 0 Å². The van der Waals surface area contributed by atoms with Gasteiger partial charge in [0, 0.05) is 11.1 Å². The standard InChI is InChI=1S/C26H26N2O2/c1-26-13-12-19-18-8-7-17(25(29)30)14-16(18)6-9-20(19)21(26)10-11-24(26)28-15-27-22-4-2-3-5-23(22)28/h2-5,7-8,11,14-15,19-21H,6,9-10,12-13H2,1H3,(H,29,30)/t19-,20-,21+,26+/m1/s1. The Morgan fingerprint density at radius 3 is 2.93 bits per heavy atom. The first-order valence-corrected chi connectivity index (χ1v) is 11.1. The Morgan fingerprint density at radius 2 is 2.07 bits per heavy atom. The van der Waals surface area contributed by atoms with Crippen LogP contribution in [0, 0.1) is 17.3 Å². The highest BCUT2D eigenvalue weighted by molar-refractivity contribution is 5.88. The molecule has 6 rings (SSSR count). The predicted octanol–water partition coefficient (Wildman–Crippen LogP) is 5.74. The fourth-order valence-corrected chi connectivity index (χ4v) is 6.78. The molecule has 0 radical (unpaired) electrons. The molecule has 0 aliphatic heterocycles. The zero-order valence-corrected chi connectivity index (χ0v) is 17.2. The van der Waals surface area contributed by atoms with E-state index in [-0.39, 0.29) is 5.41 Å². The number of aryl methyl sites for hydroxylation is 1. The number of imidazole rings is 1. The van der Waals surface area contributed by atoms with Crippen molar-refractivity contribution in [1.29, 1.82) is 0 Å². The number of hydrogen-bond donors (Lipinski definition) is 1. The molecule has 3 aliphatic rings. The summed E-state index contributed by atoms with van der Waals surface area (Å²) >= 11 is 0. The molecule has 152 valence electrons. The number of benzene rings is 2. The van der Waals surface area contributed by atoms with Crippen LogP contribution in [0.25, 0.3) is 16.7 Å². The number of hydrogen-bond acceptors (Lipinski definition) is 2. The third kappa shape index (κ3) is 2.39. The molecule has 1 aromatic heterocycles. The maximum Gasteiger partial charge on any atom is 0.335 e. The number of fused-ring (bicyclic) bond motifs is 6. The molecular weight excluding hydrogens is 372 g/mol. The lowest BCUT2D eigenvalue weighted by atomic mass is 9.55. The average molecular weight is 399 g/mol. The highest BCUT2D eigenvalue weighted by Gasteiger charge is 2.52. The van der Waals surface area contributed by atoms with Gasteiger partial charge in [-0.2, -0.15) is 0 Å². The van der Waals surface area contributed by atoms with E-state index in [1.807, 2.05) is 18.5 Å². The molecule has 4 atom stereocenters. The fourth-order valence-electron chi connectivity index (χ4n) is 6.78. The van der Waals surface area contributed by atoms with Gasteiger partial charge in [-0.15, -0.1) is 0 Å². The van der Waals surface area contributed by atoms with Crippen molar-refractivity contribution in [3.05, 3.63) is 71.6 Å². The SMILES string of the molecule is C[C@]12CC[C@@H]3c4ccc(C(=O)O)cc4CC[C@H]3[C@@H]1CC=C2n1cnc2ccccc21. The van der Waals surface area contributed by atoms with Gasteiger partial charge in [0.15, 0.2) is 0 Å². The Morgan fingerprint density at radius 1 is 1.20 bits per heavy atom. The lowest BCUT2D eigenvalue weighted by molar-refractivity contribution is 0.0696. The Hall–Kier alpha value is -2.88. The van der Waals surface area contributed by atoms with Gasteiger partial charge in [-0.05, 0) is 85.3 Å². The minimum absolute atomic E-state index is 0.170. The van der Waals surface area contributed by atoms with Crippen LogP contribution in [-0.2, 0) is 6.42 Å². The van der Waals surface area contributed by atoms with Gasteiger partial charge in [-0.3, -0.25) is 0 Å². The zero-order chi connectivity index (χ0) is 20.5. The van der Waals surface area contributed by atoms with E-state index in [9.17, 15) is 9.90 Å². The van der Waals surface area contributed by atoms with Crippen molar-refractivity contribution in [3.63, 3.8) is 0 Å². The first-order chi connectivity index (χ1) is 14.6. The molecule has 1 saturated carbocycles. The van der Waals surface area contributed by atoms with E-state index < -0.39 is 5.97 Å². The maximum absolute atomic E-state index is 11.4. The van der Waals surface area contributed by atoms with Gasteiger partial charge < -0.3 is 9.67 Å². The molecule has 3 aliphatic carbocycles. The van der Waals surface area contributed by atoms with Crippen LogP contribution in [0.15, 0.2) is 54.9 Å². The van der Waals surface area contributed by atoms with Crippen molar-refractivity contribution < 1.29 is 9.90 Å². The molecule has 3 aromatic rings. The fraction of sp³-hybridized carbons (Fsp3) is 0.385. The van der Waals surface area contributed by atoms with Crippen molar-refractivity contribution >= 4 is 22.7 Å². The largest absolute Gasteiger partial charge is 0.478 e. The van der Waals surface area contributed by atoms with Crippen LogP contribution in [-0.4, -0.2) is 20.6 Å². The smallest absolute Gasteiger partial charge is 0.335 e. The lowest BCUT2D eigenvalue weighted by Crippen LogP contribution is -2.41. The molecule has 0 spiro atoms. The second-order valence-electron chi connectivity index (χ2n) is 9.52. The van der Waals surface area contributed by atoms with Crippen LogP contribution in [0.1, 0.15) is 60.0 Å². The van der Waals surface area contributed by atoms with E-state index in [2.05, 4.69) is 46.8 Å². The number of nitrogens with zero attached hydrogens (tertiary/aromatic N) is 2. The van der Waals surface area contributed by atoms with Crippen molar-refractivity contribution in [1.82, 2.24) is 9.55 Å². The van der Waals surface area contributed by atoms with Gasteiger partial charge >= 0.3 is 5.97 Å². The molecule has 0 unspecified atom stereocenters. The summed E-state index contributed by atoms with van der Waals surface area (Å²) in [5, 5.41) is 9.36. The van der Waals surface area contributed by atoms with Gasteiger partial charge in [-0.1, -0.05) is 31.2 Å². The molecule has 0 saturated heterocycles. The molecular formula is C26H26N2O2. The maximum atomic E-state index is 11.4. The number of carboxylic acid groups (broad SMARTS) is 1. The molecule has 1 heterocycles. The minimum Gasteiger partial charge on any atom is -0.478 e. The second-order valence-corrected chi connectivity index (χ2v) is 9.52. The quantitative estimate of drug-likeness (QED) is 0.599. The highest BCUT2D eigenvalue weighted by Crippen LogP contribution is 2.62. The van der Waals surface area contributed by atoms with Crippen molar-refractivity contribution in [2.75, 3.05) is 0 Å². The summed E-state index contributed by atoms with van der Waals surface area (Å²) in [6.07, 6.45) is 10.1. The molecule has 0 amide bonds. The number of carboxylic acids is 1. The number of aromatic carboxylic acids is 1. The van der Waals surface area contributed by atoms with Crippen molar-refractivity contribution in [2.24, 2.45) is 17.3 Å². The van der Waals surface area contributed by atoms with E-state index in [0.29, 0.717) is 23.3 Å². The topological polar surface area (TPSA) is 55.1 Å². The number of rotatable bonds is 2. The van der Waals surface area contributed by atoms with Crippen molar-refractivity contribution in [2.45, 2.75) is 44.9 Å².